The van der Waals surface area contributed by atoms with E-state index in [2.05, 4.69) is 31.4 Å². The summed E-state index contributed by atoms with van der Waals surface area (Å²) in [6, 6.07) is 11.0. The van der Waals surface area contributed by atoms with Gasteiger partial charge in [0.15, 0.2) is 6.61 Å². The van der Waals surface area contributed by atoms with Crippen LogP contribution < -0.4 is 10.2 Å². The van der Waals surface area contributed by atoms with Crippen molar-refractivity contribution >= 4 is 27.5 Å². The van der Waals surface area contributed by atoms with Gasteiger partial charge in [-0.2, -0.15) is 5.10 Å². The van der Waals surface area contributed by atoms with Gasteiger partial charge in [-0.1, -0.05) is 22.0 Å². The molecule has 1 amide bonds. The molecule has 1 heterocycles. The van der Waals surface area contributed by atoms with Crippen LogP contribution >= 0.6 is 15.9 Å². The fraction of sp³-hybridized carbons (Fsp3) is 0.143. The molecule has 2 N–H and O–H groups in total. The summed E-state index contributed by atoms with van der Waals surface area (Å²) >= 11 is 3.34. The molecule has 0 saturated heterocycles. The zero-order valence-electron chi connectivity index (χ0n) is 10.9. The first-order chi connectivity index (χ1) is 9.65. The Hall–Kier alpha value is -2.08. The second-order valence-electron chi connectivity index (χ2n) is 4.06. The van der Waals surface area contributed by atoms with Crippen molar-refractivity contribution in [2.45, 2.75) is 6.92 Å². The van der Waals surface area contributed by atoms with Crippen molar-refractivity contribution in [2.24, 2.45) is 5.10 Å². The number of aromatic nitrogens is 1. The van der Waals surface area contributed by atoms with Gasteiger partial charge in [-0.3, -0.25) is 4.79 Å². The molecule has 2 aromatic rings. The summed E-state index contributed by atoms with van der Waals surface area (Å²) in [6.45, 7) is 1.72. The molecule has 0 aliphatic carbocycles. The monoisotopic (exact) mass is 335 g/mol. The Kier molecular flexibility index (Phi) is 4.95. The number of aromatic amines is 1. The molecule has 0 fully saturated rings. The minimum atomic E-state index is -0.309. The quantitative estimate of drug-likeness (QED) is 0.651. The third kappa shape index (κ3) is 4.24. The lowest BCUT2D eigenvalue weighted by Crippen LogP contribution is -2.25. The second-order valence-corrected chi connectivity index (χ2v) is 4.98. The van der Waals surface area contributed by atoms with Gasteiger partial charge in [0.05, 0.1) is 11.4 Å². The predicted molar refractivity (Wildman–Crippen MR) is 80.8 cm³/mol. The Labute approximate surface area is 125 Å². The van der Waals surface area contributed by atoms with Gasteiger partial charge >= 0.3 is 0 Å². The number of benzene rings is 1. The van der Waals surface area contributed by atoms with Crippen LogP contribution in [-0.2, 0) is 4.79 Å². The molecule has 0 atom stereocenters. The first-order valence-corrected chi connectivity index (χ1v) is 6.80. The number of carbonyl (C=O) groups excluding carboxylic acids is 1. The summed E-state index contributed by atoms with van der Waals surface area (Å²) < 4.78 is 6.25. The lowest BCUT2D eigenvalue weighted by atomic mass is 10.3. The van der Waals surface area contributed by atoms with Gasteiger partial charge in [-0.05, 0) is 37.3 Å². The molecule has 20 heavy (non-hydrogen) atoms. The van der Waals surface area contributed by atoms with Gasteiger partial charge in [0.2, 0.25) is 0 Å². The fourth-order valence-electron chi connectivity index (χ4n) is 1.50. The number of nitrogens with one attached hydrogen (secondary N) is 2. The highest BCUT2D eigenvalue weighted by Gasteiger charge is 2.03. The number of hydrogen-bond donors (Lipinski definition) is 2. The number of rotatable bonds is 5. The van der Waals surface area contributed by atoms with Crippen LogP contribution in [0.25, 0.3) is 0 Å². The summed E-state index contributed by atoms with van der Waals surface area (Å²) in [5.41, 5.74) is 4.01. The third-order valence-electron chi connectivity index (χ3n) is 2.50. The zero-order valence-corrected chi connectivity index (χ0v) is 12.5. The molecular weight excluding hydrogens is 322 g/mol. The van der Waals surface area contributed by atoms with E-state index in [1.54, 1.807) is 25.3 Å². The molecule has 0 aliphatic rings. The molecule has 1 aromatic carbocycles. The van der Waals surface area contributed by atoms with E-state index < -0.39 is 0 Å². The van der Waals surface area contributed by atoms with Crippen molar-refractivity contribution in [3.63, 3.8) is 0 Å². The number of hydrogen-bond acceptors (Lipinski definition) is 3. The van der Waals surface area contributed by atoms with Crippen molar-refractivity contribution in [3.8, 4) is 5.75 Å². The molecule has 104 valence electrons. The Morgan fingerprint density at radius 3 is 2.95 bits per heavy atom. The molecule has 6 heteroatoms. The van der Waals surface area contributed by atoms with Gasteiger partial charge in [0.1, 0.15) is 5.75 Å². The summed E-state index contributed by atoms with van der Waals surface area (Å²) in [4.78, 5) is 14.6. The lowest BCUT2D eigenvalue weighted by Gasteiger charge is -2.05. The van der Waals surface area contributed by atoms with Crippen molar-refractivity contribution < 1.29 is 9.53 Å². The molecule has 0 aliphatic heterocycles. The smallest absolute Gasteiger partial charge is 0.277 e. The van der Waals surface area contributed by atoms with Crippen molar-refractivity contribution in [1.82, 2.24) is 10.4 Å². The van der Waals surface area contributed by atoms with Crippen LogP contribution in [0.5, 0.6) is 5.75 Å². The lowest BCUT2D eigenvalue weighted by molar-refractivity contribution is -0.123. The molecule has 2 rings (SSSR count). The molecule has 0 spiro atoms. The molecule has 5 nitrogen and oxygen atoms in total. The minimum Gasteiger partial charge on any atom is -0.484 e. The molecule has 1 aromatic heterocycles. The number of ether oxygens (including phenoxy) is 1. The summed E-state index contributed by atoms with van der Waals surface area (Å²) in [5.74, 6) is 0.315. The Morgan fingerprint density at radius 1 is 1.40 bits per heavy atom. The van der Waals surface area contributed by atoms with E-state index in [9.17, 15) is 4.79 Å². The number of hydrazone groups is 1. The maximum Gasteiger partial charge on any atom is 0.277 e. The second kappa shape index (κ2) is 6.91. The van der Waals surface area contributed by atoms with Gasteiger partial charge in [-0.25, -0.2) is 5.43 Å². The molecular formula is C14H14BrN3O2. The number of halogens is 1. The largest absolute Gasteiger partial charge is 0.484 e. The number of carbonyl (C=O) groups is 1. The first-order valence-electron chi connectivity index (χ1n) is 6.00. The zero-order chi connectivity index (χ0) is 14.4. The van der Waals surface area contributed by atoms with Gasteiger partial charge in [0.25, 0.3) is 5.91 Å². The van der Waals surface area contributed by atoms with Crippen molar-refractivity contribution in [1.29, 1.82) is 0 Å². The fourth-order valence-corrected chi connectivity index (χ4v) is 1.88. The van der Waals surface area contributed by atoms with Crippen LogP contribution in [0, 0.1) is 0 Å². The molecule has 0 bridgehead atoms. The Morgan fingerprint density at radius 2 is 2.25 bits per heavy atom. The maximum atomic E-state index is 11.6. The standard InChI is InChI=1S/C14H14BrN3O2/c1-10(13-6-3-7-16-13)17-18-14(19)9-20-12-5-2-4-11(15)8-12/h2-8,16H,9H2,1H3,(H,18,19)/b17-10+. The van der Waals surface area contributed by atoms with Crippen LogP contribution in [0.15, 0.2) is 52.2 Å². The highest BCUT2D eigenvalue weighted by Crippen LogP contribution is 2.17. The number of nitrogens with zero attached hydrogens (tertiary/aromatic N) is 1. The average molecular weight is 336 g/mol. The topological polar surface area (TPSA) is 66.5 Å². The summed E-state index contributed by atoms with van der Waals surface area (Å²) in [6.07, 6.45) is 1.80. The van der Waals surface area contributed by atoms with Gasteiger partial charge < -0.3 is 9.72 Å². The van der Waals surface area contributed by atoms with Gasteiger partial charge in [0, 0.05) is 10.7 Å². The van der Waals surface area contributed by atoms with Gasteiger partial charge in [-0.15, -0.1) is 0 Å². The molecule has 0 saturated carbocycles. The van der Waals surface area contributed by atoms with Crippen LogP contribution in [-0.4, -0.2) is 23.2 Å². The SMILES string of the molecule is C/C(=N\NC(=O)COc1cccc(Br)c1)c1ccc[nH]1. The normalized spacial score (nSPS) is 11.2. The van der Waals surface area contributed by atoms with E-state index >= 15 is 0 Å². The highest BCUT2D eigenvalue weighted by molar-refractivity contribution is 9.10. The number of H-pyrrole nitrogens is 1. The van der Waals surface area contributed by atoms with E-state index in [0.29, 0.717) is 11.5 Å². The maximum absolute atomic E-state index is 11.6. The van der Waals surface area contributed by atoms with E-state index in [1.807, 2.05) is 24.3 Å². The molecule has 0 radical (unpaired) electrons. The summed E-state index contributed by atoms with van der Waals surface area (Å²) in [5, 5.41) is 3.99. The van der Waals surface area contributed by atoms with Crippen molar-refractivity contribution in [2.75, 3.05) is 6.61 Å². The predicted octanol–water partition coefficient (Wildman–Crippen LogP) is 2.70. The van der Waals surface area contributed by atoms with Crippen LogP contribution in [0.2, 0.25) is 0 Å². The van der Waals surface area contributed by atoms with E-state index in [0.717, 1.165) is 10.2 Å². The highest BCUT2D eigenvalue weighted by atomic mass is 79.9. The Bertz CT molecular complexity index is 609. The third-order valence-corrected chi connectivity index (χ3v) is 3.00. The van der Waals surface area contributed by atoms with Crippen LogP contribution in [0.4, 0.5) is 0 Å². The van der Waals surface area contributed by atoms with Crippen molar-refractivity contribution in [3.05, 3.63) is 52.8 Å². The Balaban J connectivity index is 1.83. The summed E-state index contributed by atoms with van der Waals surface area (Å²) in [7, 11) is 0. The van der Waals surface area contributed by atoms with E-state index in [4.69, 9.17) is 4.74 Å². The van der Waals surface area contributed by atoms with E-state index in [1.165, 1.54) is 0 Å². The van der Waals surface area contributed by atoms with Crippen LogP contribution in [0.3, 0.4) is 0 Å². The van der Waals surface area contributed by atoms with E-state index in [-0.39, 0.29) is 12.5 Å². The minimum absolute atomic E-state index is 0.0854. The number of amides is 1. The van der Waals surface area contributed by atoms with Crippen LogP contribution in [0.1, 0.15) is 12.6 Å². The first kappa shape index (κ1) is 14.3. The molecule has 0 unspecified atom stereocenters. The average Bonchev–Trinajstić information content (AvgIpc) is 2.97.